The van der Waals surface area contributed by atoms with E-state index < -0.39 is 0 Å². The molecule has 4 nitrogen and oxygen atoms in total. The van der Waals surface area contributed by atoms with Crippen molar-refractivity contribution in [2.24, 2.45) is 0 Å². The van der Waals surface area contributed by atoms with Gasteiger partial charge in [0.15, 0.2) is 0 Å². The van der Waals surface area contributed by atoms with Crippen molar-refractivity contribution in [1.29, 1.82) is 0 Å². The van der Waals surface area contributed by atoms with Crippen LogP contribution in [0.25, 0.3) is 77.4 Å². The zero-order valence-corrected chi connectivity index (χ0v) is 25.2. The SMILES string of the molecule is COc1ccc2c3c4c(ccc3n(-c3cc(C(C)(C)C)ccn3)c2c1)-n1c2ccccc2c2cccc(c21)-c1ccccc1-4. The number of methoxy groups -OCH3 is 1. The van der Waals surface area contributed by atoms with E-state index >= 15 is 0 Å². The van der Waals surface area contributed by atoms with E-state index in [1.807, 2.05) is 6.20 Å². The highest BCUT2D eigenvalue weighted by atomic mass is 16.5. The van der Waals surface area contributed by atoms with Crippen molar-refractivity contribution < 1.29 is 4.74 Å². The van der Waals surface area contributed by atoms with Gasteiger partial charge < -0.3 is 9.30 Å². The van der Waals surface area contributed by atoms with E-state index in [0.717, 1.165) is 22.6 Å². The Bertz CT molecular complexity index is 2470. The van der Waals surface area contributed by atoms with Crippen molar-refractivity contribution in [3.8, 4) is 39.5 Å². The van der Waals surface area contributed by atoms with Crippen LogP contribution in [0.3, 0.4) is 0 Å². The Kier molecular flexibility index (Phi) is 5.06. The summed E-state index contributed by atoms with van der Waals surface area (Å²) in [6.07, 6.45) is 1.94. The minimum absolute atomic E-state index is 0.00318. The summed E-state index contributed by atoms with van der Waals surface area (Å²) in [5.41, 5.74) is 12.1. The molecule has 0 spiro atoms. The highest BCUT2D eigenvalue weighted by molar-refractivity contribution is 6.22. The van der Waals surface area contributed by atoms with Gasteiger partial charge >= 0.3 is 0 Å². The second-order valence-corrected chi connectivity index (χ2v) is 12.8. The van der Waals surface area contributed by atoms with Gasteiger partial charge in [0.2, 0.25) is 0 Å². The molecule has 0 bridgehead atoms. The minimum atomic E-state index is -0.00318. The molecule has 0 aliphatic carbocycles. The second-order valence-electron chi connectivity index (χ2n) is 12.8. The second kappa shape index (κ2) is 8.84. The summed E-state index contributed by atoms with van der Waals surface area (Å²) in [5, 5.41) is 4.93. The van der Waals surface area contributed by atoms with Crippen LogP contribution in [0.15, 0.2) is 115 Å². The first-order valence-electron chi connectivity index (χ1n) is 15.2. The number of hydrogen-bond acceptors (Lipinski definition) is 2. The monoisotopic (exact) mass is 569 g/mol. The molecule has 0 fully saturated rings. The summed E-state index contributed by atoms with van der Waals surface area (Å²) in [6, 6.07) is 39.8. The summed E-state index contributed by atoms with van der Waals surface area (Å²) in [7, 11) is 1.73. The number of para-hydroxylation sites is 2. The van der Waals surface area contributed by atoms with Crippen molar-refractivity contribution in [2.45, 2.75) is 26.2 Å². The number of fused-ring (bicyclic) bond motifs is 12. The summed E-state index contributed by atoms with van der Waals surface area (Å²) in [6.45, 7) is 6.74. The average Bonchev–Trinajstić information content (AvgIpc) is 3.52. The molecule has 1 aliphatic heterocycles. The van der Waals surface area contributed by atoms with Crippen LogP contribution in [0, 0.1) is 0 Å². The molecule has 0 N–H and O–H groups in total. The third-order valence-corrected chi connectivity index (χ3v) is 9.38. The predicted molar refractivity (Wildman–Crippen MR) is 183 cm³/mol. The fraction of sp³-hybridized carbons (Fsp3) is 0.125. The van der Waals surface area contributed by atoms with Gasteiger partial charge in [0, 0.05) is 44.9 Å². The molecule has 4 heterocycles. The maximum absolute atomic E-state index is 5.76. The van der Waals surface area contributed by atoms with Gasteiger partial charge in [0.1, 0.15) is 11.6 Å². The Hall–Kier alpha value is -5.35. The number of pyridine rings is 1. The molecule has 0 amide bonds. The molecule has 44 heavy (non-hydrogen) atoms. The van der Waals surface area contributed by atoms with Crippen LogP contribution >= 0.6 is 0 Å². The van der Waals surface area contributed by atoms with E-state index in [-0.39, 0.29) is 5.41 Å². The summed E-state index contributed by atoms with van der Waals surface area (Å²) < 4.78 is 10.6. The highest BCUT2D eigenvalue weighted by Gasteiger charge is 2.28. The van der Waals surface area contributed by atoms with Gasteiger partial charge in [-0.3, -0.25) is 4.57 Å². The molecule has 0 atom stereocenters. The average molecular weight is 570 g/mol. The first-order valence-corrected chi connectivity index (χ1v) is 15.2. The Balaban J connectivity index is 1.51. The number of nitrogens with zero attached hydrogens (tertiary/aromatic N) is 3. The Morgan fingerprint density at radius 1 is 0.614 bits per heavy atom. The zero-order chi connectivity index (χ0) is 29.7. The lowest BCUT2D eigenvalue weighted by molar-refractivity contribution is 0.415. The molecular weight excluding hydrogens is 538 g/mol. The summed E-state index contributed by atoms with van der Waals surface area (Å²) in [5.74, 6) is 1.73. The molecule has 0 radical (unpaired) electrons. The van der Waals surface area contributed by atoms with Gasteiger partial charge in [-0.2, -0.15) is 0 Å². The molecular formula is C40H31N3O. The maximum Gasteiger partial charge on any atom is 0.137 e. The van der Waals surface area contributed by atoms with Crippen LogP contribution in [0.2, 0.25) is 0 Å². The van der Waals surface area contributed by atoms with E-state index in [4.69, 9.17) is 9.72 Å². The molecule has 0 unspecified atom stereocenters. The molecule has 3 aromatic heterocycles. The quantitative estimate of drug-likeness (QED) is 0.207. The van der Waals surface area contributed by atoms with Gasteiger partial charge in [-0.1, -0.05) is 81.4 Å². The van der Waals surface area contributed by atoms with Crippen molar-refractivity contribution in [3.05, 3.63) is 121 Å². The van der Waals surface area contributed by atoms with Gasteiger partial charge in [-0.15, -0.1) is 0 Å². The van der Waals surface area contributed by atoms with E-state index in [9.17, 15) is 0 Å². The summed E-state index contributed by atoms with van der Waals surface area (Å²) in [4.78, 5) is 4.94. The van der Waals surface area contributed by atoms with E-state index in [1.165, 1.54) is 66.1 Å². The fourth-order valence-corrected chi connectivity index (χ4v) is 7.34. The number of rotatable bonds is 2. The van der Waals surface area contributed by atoms with Crippen LogP contribution in [-0.2, 0) is 5.41 Å². The van der Waals surface area contributed by atoms with Crippen molar-refractivity contribution in [3.63, 3.8) is 0 Å². The Morgan fingerprint density at radius 2 is 1.39 bits per heavy atom. The first kappa shape index (κ1) is 25.2. The maximum atomic E-state index is 5.76. The van der Waals surface area contributed by atoms with E-state index in [2.05, 4.69) is 139 Å². The number of hydrogen-bond donors (Lipinski definition) is 0. The molecule has 212 valence electrons. The van der Waals surface area contributed by atoms with Crippen LogP contribution in [-0.4, -0.2) is 21.2 Å². The fourth-order valence-electron chi connectivity index (χ4n) is 7.34. The number of ether oxygens (including phenoxy) is 1. The van der Waals surface area contributed by atoms with Crippen molar-refractivity contribution in [1.82, 2.24) is 14.1 Å². The summed E-state index contributed by atoms with van der Waals surface area (Å²) >= 11 is 0. The Morgan fingerprint density at radius 3 is 2.23 bits per heavy atom. The van der Waals surface area contributed by atoms with Gasteiger partial charge in [-0.25, -0.2) is 4.98 Å². The van der Waals surface area contributed by atoms with Gasteiger partial charge in [0.05, 0.1) is 34.9 Å². The number of benzene rings is 5. The Labute approximate surface area is 255 Å². The molecule has 4 heteroatoms. The molecule has 0 saturated carbocycles. The minimum Gasteiger partial charge on any atom is -0.497 e. The zero-order valence-electron chi connectivity index (χ0n) is 25.2. The molecule has 0 saturated heterocycles. The molecule has 8 aromatic rings. The highest BCUT2D eigenvalue weighted by Crippen LogP contribution is 2.50. The van der Waals surface area contributed by atoms with Crippen LogP contribution in [0.1, 0.15) is 26.3 Å². The lowest BCUT2D eigenvalue weighted by Crippen LogP contribution is -2.12. The standard InChI is InChI=1S/C40H31N3O/c1-40(2,3)24-20-21-41-36(22-24)42-33-18-19-34-37(38(33)31-17-16-25(44-4)23-35(31)42)28-12-6-5-10-26(28)29-13-9-14-30-27-11-7-8-15-32(27)43(34)39(29)30/h5-23H,1-4H3. The van der Waals surface area contributed by atoms with Crippen LogP contribution in [0.5, 0.6) is 5.75 Å². The molecule has 5 aromatic carbocycles. The third kappa shape index (κ3) is 3.31. The van der Waals surface area contributed by atoms with E-state index in [1.54, 1.807) is 7.11 Å². The van der Waals surface area contributed by atoms with Gasteiger partial charge in [-0.05, 0) is 64.6 Å². The normalized spacial score (nSPS) is 12.5. The van der Waals surface area contributed by atoms with Crippen molar-refractivity contribution in [2.75, 3.05) is 7.11 Å². The third-order valence-electron chi connectivity index (χ3n) is 9.38. The smallest absolute Gasteiger partial charge is 0.137 e. The lowest BCUT2D eigenvalue weighted by Gasteiger charge is -2.20. The van der Waals surface area contributed by atoms with Crippen LogP contribution < -0.4 is 4.74 Å². The largest absolute Gasteiger partial charge is 0.497 e. The first-order chi connectivity index (χ1) is 21.4. The lowest BCUT2D eigenvalue weighted by atomic mass is 9.88. The molecule has 1 aliphatic rings. The number of aromatic nitrogens is 3. The van der Waals surface area contributed by atoms with Crippen LogP contribution in [0.4, 0.5) is 0 Å². The van der Waals surface area contributed by atoms with Crippen molar-refractivity contribution >= 4 is 43.6 Å². The molecule has 9 rings (SSSR count). The predicted octanol–water partition coefficient (Wildman–Crippen LogP) is 10.2. The topological polar surface area (TPSA) is 32.0 Å². The van der Waals surface area contributed by atoms with E-state index in [0.29, 0.717) is 0 Å². The van der Waals surface area contributed by atoms with Gasteiger partial charge in [0.25, 0.3) is 0 Å².